The molecule has 0 spiro atoms. The number of pyridine rings is 2. The first-order valence-electron chi connectivity index (χ1n) is 6.56. The molecule has 0 fully saturated rings. The maximum absolute atomic E-state index is 5.50. The number of hydrogen-bond donors (Lipinski definition) is 1. The summed E-state index contributed by atoms with van der Waals surface area (Å²) in [6.45, 7) is 5.57. The van der Waals surface area contributed by atoms with Gasteiger partial charge < -0.3 is 10.1 Å². The lowest BCUT2D eigenvalue weighted by Gasteiger charge is -2.18. The minimum atomic E-state index is 0.0895. The maximum Gasteiger partial charge on any atom is 0.137 e. The smallest absolute Gasteiger partial charge is 0.137 e. The second-order valence-corrected chi connectivity index (χ2v) is 4.16. The minimum absolute atomic E-state index is 0.0895. The third-order valence-electron chi connectivity index (χ3n) is 2.80. The van der Waals surface area contributed by atoms with Crippen molar-refractivity contribution in [2.24, 2.45) is 0 Å². The first-order valence-corrected chi connectivity index (χ1v) is 6.56. The summed E-state index contributed by atoms with van der Waals surface area (Å²) in [5.74, 6) is 0.798. The van der Waals surface area contributed by atoms with E-state index in [-0.39, 0.29) is 6.04 Å². The summed E-state index contributed by atoms with van der Waals surface area (Å²) < 4.78 is 5.50. The monoisotopic (exact) mass is 257 g/mol. The van der Waals surface area contributed by atoms with E-state index in [0.29, 0.717) is 6.61 Å². The Morgan fingerprint density at radius 3 is 2.68 bits per heavy atom. The summed E-state index contributed by atoms with van der Waals surface area (Å²) >= 11 is 0. The van der Waals surface area contributed by atoms with Gasteiger partial charge >= 0.3 is 0 Å². The van der Waals surface area contributed by atoms with Crippen LogP contribution in [0.25, 0.3) is 0 Å². The van der Waals surface area contributed by atoms with Gasteiger partial charge in [-0.3, -0.25) is 9.97 Å². The van der Waals surface area contributed by atoms with Crippen molar-refractivity contribution >= 4 is 0 Å². The van der Waals surface area contributed by atoms with E-state index < -0.39 is 0 Å². The summed E-state index contributed by atoms with van der Waals surface area (Å²) in [6, 6.07) is 6.12. The summed E-state index contributed by atoms with van der Waals surface area (Å²) in [5.41, 5.74) is 2.21. The van der Waals surface area contributed by atoms with Crippen molar-refractivity contribution in [1.29, 1.82) is 0 Å². The highest BCUT2D eigenvalue weighted by Gasteiger charge is 2.14. The summed E-state index contributed by atoms with van der Waals surface area (Å²) in [7, 11) is 0. The molecule has 2 heterocycles. The Balaban J connectivity index is 2.31. The molecule has 1 atom stereocenters. The molecule has 0 saturated heterocycles. The van der Waals surface area contributed by atoms with Crippen molar-refractivity contribution in [2.75, 3.05) is 13.2 Å². The van der Waals surface area contributed by atoms with Crippen LogP contribution < -0.4 is 10.1 Å². The van der Waals surface area contributed by atoms with Gasteiger partial charge in [0.2, 0.25) is 0 Å². The van der Waals surface area contributed by atoms with Crippen LogP contribution in [0.1, 0.15) is 31.0 Å². The van der Waals surface area contributed by atoms with Crippen molar-refractivity contribution in [2.45, 2.75) is 19.9 Å². The maximum atomic E-state index is 5.50. The molecule has 0 amide bonds. The second-order valence-electron chi connectivity index (χ2n) is 4.16. The highest BCUT2D eigenvalue weighted by Crippen LogP contribution is 2.23. The molecule has 2 aromatic rings. The van der Waals surface area contributed by atoms with E-state index in [9.17, 15) is 0 Å². The third-order valence-corrected chi connectivity index (χ3v) is 2.80. The zero-order chi connectivity index (χ0) is 13.5. The molecule has 0 aliphatic carbocycles. The van der Waals surface area contributed by atoms with Gasteiger partial charge in [-0.25, -0.2) is 0 Å². The molecule has 2 aromatic heterocycles. The zero-order valence-electron chi connectivity index (χ0n) is 11.3. The van der Waals surface area contributed by atoms with E-state index in [1.807, 2.05) is 31.5 Å². The van der Waals surface area contributed by atoms with E-state index in [0.717, 1.165) is 23.4 Å². The van der Waals surface area contributed by atoms with Gasteiger partial charge in [0.1, 0.15) is 5.75 Å². The van der Waals surface area contributed by atoms with E-state index in [2.05, 4.69) is 28.3 Å². The van der Waals surface area contributed by atoms with E-state index in [4.69, 9.17) is 4.74 Å². The van der Waals surface area contributed by atoms with Gasteiger partial charge in [-0.1, -0.05) is 13.0 Å². The fourth-order valence-electron chi connectivity index (χ4n) is 2.02. The molecule has 100 valence electrons. The van der Waals surface area contributed by atoms with Crippen molar-refractivity contribution in [3.05, 3.63) is 54.1 Å². The fraction of sp³-hybridized carbons (Fsp3) is 0.333. The molecule has 0 aliphatic rings. The predicted molar refractivity (Wildman–Crippen MR) is 75.2 cm³/mol. The van der Waals surface area contributed by atoms with Gasteiger partial charge in [-0.15, -0.1) is 0 Å². The average Bonchev–Trinajstić information content (AvgIpc) is 2.46. The molecule has 4 heteroatoms. The SMILES string of the molecule is CCNC(c1cccnc1)c1cncc(OCC)c1. The van der Waals surface area contributed by atoms with Crippen LogP contribution in [-0.2, 0) is 0 Å². The molecule has 0 aromatic carbocycles. The summed E-state index contributed by atoms with van der Waals surface area (Å²) in [4.78, 5) is 8.43. The Labute approximate surface area is 113 Å². The van der Waals surface area contributed by atoms with Gasteiger partial charge in [0.05, 0.1) is 18.8 Å². The second kappa shape index (κ2) is 6.85. The molecule has 0 radical (unpaired) electrons. The van der Waals surface area contributed by atoms with Crippen LogP contribution >= 0.6 is 0 Å². The van der Waals surface area contributed by atoms with E-state index in [1.54, 1.807) is 12.4 Å². The molecule has 0 aliphatic heterocycles. The molecular formula is C15H19N3O. The Morgan fingerprint density at radius 1 is 1.16 bits per heavy atom. The van der Waals surface area contributed by atoms with Gasteiger partial charge in [0, 0.05) is 18.6 Å². The van der Waals surface area contributed by atoms with Gasteiger partial charge in [0.25, 0.3) is 0 Å². The standard InChI is InChI=1S/C15H19N3O/c1-3-18-15(12-6-5-7-16-9-12)13-8-14(19-4-2)11-17-10-13/h5-11,15,18H,3-4H2,1-2H3. The number of aromatic nitrogens is 2. The van der Waals surface area contributed by atoms with E-state index in [1.165, 1.54) is 0 Å². The highest BCUT2D eigenvalue weighted by molar-refractivity contribution is 5.32. The summed E-state index contributed by atoms with van der Waals surface area (Å²) in [5, 5.41) is 3.45. The summed E-state index contributed by atoms with van der Waals surface area (Å²) in [6.07, 6.45) is 7.25. The number of hydrogen-bond acceptors (Lipinski definition) is 4. The van der Waals surface area contributed by atoms with Crippen molar-refractivity contribution < 1.29 is 4.74 Å². The molecule has 1 N–H and O–H groups in total. The van der Waals surface area contributed by atoms with Crippen LogP contribution in [0.15, 0.2) is 43.0 Å². The Kier molecular flexibility index (Phi) is 4.86. The van der Waals surface area contributed by atoms with Crippen molar-refractivity contribution in [3.8, 4) is 5.75 Å². The van der Waals surface area contributed by atoms with Crippen LogP contribution in [0.2, 0.25) is 0 Å². The molecule has 19 heavy (non-hydrogen) atoms. The average molecular weight is 257 g/mol. The minimum Gasteiger partial charge on any atom is -0.492 e. The molecule has 0 saturated carbocycles. The van der Waals surface area contributed by atoms with Gasteiger partial charge in [-0.05, 0) is 36.7 Å². The van der Waals surface area contributed by atoms with Crippen LogP contribution in [0.5, 0.6) is 5.75 Å². The first-order chi connectivity index (χ1) is 9.35. The molecule has 0 bridgehead atoms. The number of ether oxygens (including phenoxy) is 1. The van der Waals surface area contributed by atoms with Crippen molar-refractivity contribution in [1.82, 2.24) is 15.3 Å². The quantitative estimate of drug-likeness (QED) is 0.864. The Bertz CT molecular complexity index is 502. The largest absolute Gasteiger partial charge is 0.492 e. The van der Waals surface area contributed by atoms with Crippen LogP contribution in [-0.4, -0.2) is 23.1 Å². The third kappa shape index (κ3) is 3.51. The molecular weight excluding hydrogens is 238 g/mol. The molecule has 1 unspecified atom stereocenters. The Morgan fingerprint density at radius 2 is 2.00 bits per heavy atom. The number of nitrogens with one attached hydrogen (secondary N) is 1. The fourth-order valence-corrected chi connectivity index (χ4v) is 2.02. The number of rotatable bonds is 6. The van der Waals surface area contributed by atoms with Crippen molar-refractivity contribution in [3.63, 3.8) is 0 Å². The highest BCUT2D eigenvalue weighted by atomic mass is 16.5. The van der Waals surface area contributed by atoms with Gasteiger partial charge in [-0.2, -0.15) is 0 Å². The van der Waals surface area contributed by atoms with Crippen LogP contribution in [0, 0.1) is 0 Å². The predicted octanol–water partition coefficient (Wildman–Crippen LogP) is 2.57. The molecule has 4 nitrogen and oxygen atoms in total. The lowest BCUT2D eigenvalue weighted by molar-refractivity contribution is 0.338. The number of nitrogens with zero attached hydrogens (tertiary/aromatic N) is 2. The van der Waals surface area contributed by atoms with E-state index >= 15 is 0 Å². The zero-order valence-corrected chi connectivity index (χ0v) is 11.3. The normalized spacial score (nSPS) is 12.1. The lowest BCUT2D eigenvalue weighted by atomic mass is 10.0. The van der Waals surface area contributed by atoms with Crippen LogP contribution in [0.4, 0.5) is 0 Å². The van der Waals surface area contributed by atoms with Gasteiger partial charge in [0.15, 0.2) is 0 Å². The lowest BCUT2D eigenvalue weighted by Crippen LogP contribution is -2.22. The Hall–Kier alpha value is -1.94. The first kappa shape index (κ1) is 13.5. The topological polar surface area (TPSA) is 47.0 Å². The molecule has 2 rings (SSSR count). The van der Waals surface area contributed by atoms with Crippen LogP contribution in [0.3, 0.4) is 0 Å².